The van der Waals surface area contributed by atoms with Gasteiger partial charge in [-0.05, 0) is 48.0 Å². The Morgan fingerprint density at radius 2 is 2.12 bits per heavy atom. The zero-order valence-corrected chi connectivity index (χ0v) is 11.8. The summed E-state index contributed by atoms with van der Waals surface area (Å²) in [6, 6.07) is 0. The molecule has 1 heterocycles. The van der Waals surface area contributed by atoms with Crippen LogP contribution < -0.4 is 0 Å². The minimum Gasteiger partial charge on any atom is -0.393 e. The van der Waals surface area contributed by atoms with Gasteiger partial charge < -0.3 is 19.1 Å². The van der Waals surface area contributed by atoms with Crippen molar-refractivity contribution in [3.8, 4) is 0 Å². The molecule has 0 aromatic heterocycles. The first-order valence-electron chi connectivity index (χ1n) is 6.29. The summed E-state index contributed by atoms with van der Waals surface area (Å²) in [4.78, 5) is 0. The molecule has 1 saturated heterocycles. The molecule has 17 heavy (non-hydrogen) atoms. The van der Waals surface area contributed by atoms with Crippen molar-refractivity contribution in [1.82, 2.24) is 0 Å². The van der Waals surface area contributed by atoms with Crippen LogP contribution in [0.25, 0.3) is 0 Å². The summed E-state index contributed by atoms with van der Waals surface area (Å²) in [6.07, 6.45) is 1.11. The van der Waals surface area contributed by atoms with E-state index in [1.165, 1.54) is 0 Å². The number of aliphatic hydroxyl groups excluding tert-OH is 1. The Hall–Kier alpha value is -0.0951. The van der Waals surface area contributed by atoms with E-state index in [4.69, 9.17) is 14.0 Å². The van der Waals surface area contributed by atoms with Crippen LogP contribution in [-0.4, -0.2) is 35.8 Å². The van der Waals surface area contributed by atoms with Crippen molar-refractivity contribution in [3.63, 3.8) is 0 Å². The van der Waals surface area contributed by atoms with Gasteiger partial charge in [0.05, 0.1) is 17.3 Å². The molecule has 0 aromatic rings. The lowest BCUT2D eigenvalue weighted by atomic mass is 9.93. The standard InChI is InChI=1S/C12H25BO4/c1-9(14)7-11(3,4)16-13-15-10(2)8-12(5,6)17-13/h9-10,14H,7-8H2,1-6H3. The molecule has 0 spiro atoms. The summed E-state index contributed by atoms with van der Waals surface area (Å²) in [5.74, 6) is 0. The van der Waals surface area contributed by atoms with Gasteiger partial charge >= 0.3 is 7.32 Å². The van der Waals surface area contributed by atoms with Gasteiger partial charge in [-0.3, -0.25) is 0 Å². The molecule has 1 aliphatic heterocycles. The molecule has 0 aliphatic carbocycles. The Labute approximate surface area is 105 Å². The second kappa shape index (κ2) is 5.27. The molecular formula is C12H25BO4. The molecule has 2 unspecified atom stereocenters. The fraction of sp³-hybridized carbons (Fsp3) is 1.00. The van der Waals surface area contributed by atoms with Crippen molar-refractivity contribution in [2.75, 3.05) is 0 Å². The Morgan fingerprint density at radius 3 is 2.59 bits per heavy atom. The van der Waals surface area contributed by atoms with Crippen molar-refractivity contribution in [1.29, 1.82) is 0 Å². The highest BCUT2D eigenvalue weighted by molar-refractivity contribution is 6.37. The van der Waals surface area contributed by atoms with E-state index in [1.807, 2.05) is 34.6 Å². The van der Waals surface area contributed by atoms with Crippen molar-refractivity contribution in [2.24, 2.45) is 0 Å². The summed E-state index contributed by atoms with van der Waals surface area (Å²) in [6.45, 7) is 11.7. The van der Waals surface area contributed by atoms with Gasteiger partial charge in [-0.25, -0.2) is 0 Å². The molecule has 0 amide bonds. The summed E-state index contributed by atoms with van der Waals surface area (Å²) in [7, 11) is -0.650. The van der Waals surface area contributed by atoms with Crippen LogP contribution >= 0.6 is 0 Å². The molecule has 4 nitrogen and oxygen atoms in total. The highest BCUT2D eigenvalue weighted by Gasteiger charge is 2.42. The monoisotopic (exact) mass is 244 g/mol. The summed E-state index contributed by atoms with van der Waals surface area (Å²) >= 11 is 0. The number of hydrogen-bond donors (Lipinski definition) is 1. The molecule has 2 atom stereocenters. The third-order valence-corrected chi connectivity index (χ3v) is 2.74. The maximum absolute atomic E-state index is 9.41. The normalized spacial score (nSPS) is 27.0. The second-order valence-corrected chi connectivity index (χ2v) is 6.25. The quantitative estimate of drug-likeness (QED) is 0.769. The van der Waals surface area contributed by atoms with E-state index in [0.29, 0.717) is 6.42 Å². The van der Waals surface area contributed by atoms with Gasteiger partial charge in [0.15, 0.2) is 0 Å². The molecule has 0 bridgehead atoms. The van der Waals surface area contributed by atoms with Crippen molar-refractivity contribution in [2.45, 2.75) is 77.8 Å². The van der Waals surface area contributed by atoms with E-state index in [1.54, 1.807) is 6.92 Å². The summed E-state index contributed by atoms with van der Waals surface area (Å²) in [5.41, 5.74) is -0.699. The maximum Gasteiger partial charge on any atom is 0.640 e. The van der Waals surface area contributed by atoms with Gasteiger partial charge in [-0.1, -0.05) is 0 Å². The van der Waals surface area contributed by atoms with Gasteiger partial charge in [0.2, 0.25) is 0 Å². The topological polar surface area (TPSA) is 47.9 Å². The Morgan fingerprint density at radius 1 is 1.53 bits per heavy atom. The smallest absolute Gasteiger partial charge is 0.393 e. The third-order valence-electron chi connectivity index (χ3n) is 2.74. The zero-order valence-electron chi connectivity index (χ0n) is 11.8. The first-order valence-corrected chi connectivity index (χ1v) is 6.29. The van der Waals surface area contributed by atoms with E-state index in [9.17, 15) is 5.11 Å². The molecule has 1 fully saturated rings. The number of hydrogen-bond acceptors (Lipinski definition) is 4. The summed E-state index contributed by atoms with van der Waals surface area (Å²) < 4.78 is 17.1. The molecule has 0 radical (unpaired) electrons. The largest absolute Gasteiger partial charge is 0.640 e. The predicted octanol–water partition coefficient (Wildman–Crippen LogP) is 2.14. The molecule has 5 heteroatoms. The SMILES string of the molecule is CC(O)CC(C)(C)OB1OC(C)CC(C)(C)O1. The first kappa shape index (κ1) is 15.0. The molecule has 1 aliphatic rings. The van der Waals surface area contributed by atoms with E-state index in [2.05, 4.69) is 0 Å². The van der Waals surface area contributed by atoms with Crippen LogP contribution in [-0.2, 0) is 14.0 Å². The average Bonchev–Trinajstić information content (AvgIpc) is 1.93. The number of rotatable bonds is 4. The zero-order chi connectivity index (χ0) is 13.3. The van der Waals surface area contributed by atoms with Crippen molar-refractivity contribution < 1.29 is 19.1 Å². The van der Waals surface area contributed by atoms with Crippen LogP contribution in [0.5, 0.6) is 0 Å². The fourth-order valence-corrected chi connectivity index (χ4v) is 2.34. The van der Waals surface area contributed by atoms with Crippen LogP contribution in [0.2, 0.25) is 0 Å². The highest BCUT2D eigenvalue weighted by Crippen LogP contribution is 2.29. The molecule has 0 aromatic carbocycles. The van der Waals surface area contributed by atoms with E-state index >= 15 is 0 Å². The third kappa shape index (κ3) is 5.38. The number of aliphatic hydroxyl groups is 1. The lowest BCUT2D eigenvalue weighted by Gasteiger charge is -2.40. The minimum absolute atomic E-state index is 0.117. The van der Waals surface area contributed by atoms with Gasteiger partial charge in [0.25, 0.3) is 0 Å². The lowest BCUT2D eigenvalue weighted by Crippen LogP contribution is -2.50. The second-order valence-electron chi connectivity index (χ2n) is 6.25. The van der Waals surface area contributed by atoms with E-state index in [-0.39, 0.29) is 11.7 Å². The van der Waals surface area contributed by atoms with Crippen LogP contribution in [0, 0.1) is 0 Å². The van der Waals surface area contributed by atoms with Crippen molar-refractivity contribution in [3.05, 3.63) is 0 Å². The Bertz CT molecular complexity index is 253. The minimum atomic E-state index is -0.650. The van der Waals surface area contributed by atoms with E-state index in [0.717, 1.165) is 6.42 Å². The highest BCUT2D eigenvalue weighted by atomic mass is 16.8. The summed E-state index contributed by atoms with van der Waals surface area (Å²) in [5, 5.41) is 9.41. The lowest BCUT2D eigenvalue weighted by molar-refractivity contribution is -0.0990. The van der Waals surface area contributed by atoms with Crippen molar-refractivity contribution >= 4 is 7.32 Å². The Balaban J connectivity index is 2.56. The predicted molar refractivity (Wildman–Crippen MR) is 67.5 cm³/mol. The first-order chi connectivity index (χ1) is 7.60. The van der Waals surface area contributed by atoms with E-state index < -0.39 is 19.0 Å². The van der Waals surface area contributed by atoms with Gasteiger partial charge in [-0.15, -0.1) is 0 Å². The van der Waals surface area contributed by atoms with Crippen LogP contribution in [0.15, 0.2) is 0 Å². The fourth-order valence-electron chi connectivity index (χ4n) is 2.34. The molecule has 100 valence electrons. The molecule has 1 rings (SSSR count). The van der Waals surface area contributed by atoms with Crippen LogP contribution in [0.1, 0.15) is 54.4 Å². The van der Waals surface area contributed by atoms with Gasteiger partial charge in [-0.2, -0.15) is 0 Å². The molecule has 0 saturated carbocycles. The maximum atomic E-state index is 9.41. The molecular weight excluding hydrogens is 219 g/mol. The van der Waals surface area contributed by atoms with Crippen LogP contribution in [0.4, 0.5) is 0 Å². The van der Waals surface area contributed by atoms with Crippen LogP contribution in [0.3, 0.4) is 0 Å². The van der Waals surface area contributed by atoms with Gasteiger partial charge in [0.1, 0.15) is 0 Å². The average molecular weight is 244 g/mol. The molecule has 1 N–H and O–H groups in total. The Kier molecular flexibility index (Phi) is 4.63. The van der Waals surface area contributed by atoms with Gasteiger partial charge in [0, 0.05) is 12.5 Å².